The van der Waals surface area contributed by atoms with Crippen LogP contribution in [0.3, 0.4) is 0 Å². The highest BCUT2D eigenvalue weighted by atomic mass is 16.1. The van der Waals surface area contributed by atoms with E-state index in [1.807, 2.05) is 30.3 Å². The van der Waals surface area contributed by atoms with Gasteiger partial charge in [0.05, 0.1) is 6.04 Å². The number of likely N-dealkylation sites (tertiary alicyclic amines) is 1. The number of nitrogens with zero attached hydrogens (tertiary/aromatic N) is 2. The predicted molar refractivity (Wildman–Crippen MR) is 100 cm³/mol. The summed E-state index contributed by atoms with van der Waals surface area (Å²) >= 11 is 0. The second-order valence-electron chi connectivity index (χ2n) is 6.77. The van der Waals surface area contributed by atoms with Gasteiger partial charge in [0, 0.05) is 18.8 Å². The van der Waals surface area contributed by atoms with Crippen LogP contribution in [0.15, 0.2) is 54.9 Å². The molecular formula is C21H27N3O. The number of hydrogen-bond acceptors (Lipinski definition) is 3. The zero-order valence-corrected chi connectivity index (χ0v) is 14.9. The maximum atomic E-state index is 12.7. The van der Waals surface area contributed by atoms with Crippen LogP contribution in [0.5, 0.6) is 0 Å². The van der Waals surface area contributed by atoms with Crippen LogP contribution < -0.4 is 5.32 Å². The van der Waals surface area contributed by atoms with Gasteiger partial charge in [-0.1, -0.05) is 37.3 Å². The number of nitrogens with one attached hydrogen (secondary N) is 1. The Balaban J connectivity index is 1.65. The van der Waals surface area contributed by atoms with Gasteiger partial charge in [0.25, 0.3) is 0 Å². The number of piperidine rings is 1. The number of carbonyl (C=O) groups is 1. The highest BCUT2D eigenvalue weighted by Gasteiger charge is 2.23. The molecule has 0 unspecified atom stereocenters. The van der Waals surface area contributed by atoms with E-state index >= 15 is 0 Å². The summed E-state index contributed by atoms with van der Waals surface area (Å²) in [5.41, 5.74) is 2.17. The molecule has 1 aromatic carbocycles. The minimum atomic E-state index is -0.118. The van der Waals surface area contributed by atoms with Crippen LogP contribution in [-0.2, 0) is 4.79 Å². The van der Waals surface area contributed by atoms with Crippen molar-refractivity contribution in [3.05, 3.63) is 66.0 Å². The molecule has 0 saturated carbocycles. The first-order valence-corrected chi connectivity index (χ1v) is 9.23. The highest BCUT2D eigenvalue weighted by molar-refractivity contribution is 5.77. The molecule has 1 amide bonds. The summed E-state index contributed by atoms with van der Waals surface area (Å²) in [6, 6.07) is 14.0. The monoisotopic (exact) mass is 337 g/mol. The van der Waals surface area contributed by atoms with E-state index in [1.54, 1.807) is 12.4 Å². The van der Waals surface area contributed by atoms with E-state index in [1.165, 1.54) is 0 Å². The van der Waals surface area contributed by atoms with E-state index in [4.69, 9.17) is 0 Å². The molecule has 132 valence electrons. The number of aromatic nitrogens is 1. The zero-order valence-electron chi connectivity index (χ0n) is 14.9. The van der Waals surface area contributed by atoms with E-state index < -0.39 is 0 Å². The van der Waals surface area contributed by atoms with E-state index in [2.05, 4.69) is 34.3 Å². The van der Waals surface area contributed by atoms with Gasteiger partial charge in [0.2, 0.25) is 5.91 Å². The van der Waals surface area contributed by atoms with Crippen molar-refractivity contribution in [3.63, 3.8) is 0 Å². The number of benzene rings is 1. The Hall–Kier alpha value is -2.20. The minimum Gasteiger partial charge on any atom is -0.345 e. The van der Waals surface area contributed by atoms with Crippen LogP contribution in [-0.4, -0.2) is 35.4 Å². The van der Waals surface area contributed by atoms with Crippen molar-refractivity contribution in [3.8, 4) is 0 Å². The summed E-state index contributed by atoms with van der Waals surface area (Å²) in [6.07, 6.45) is 6.40. The topological polar surface area (TPSA) is 45.2 Å². The van der Waals surface area contributed by atoms with Crippen molar-refractivity contribution in [2.45, 2.75) is 32.2 Å². The molecule has 0 aliphatic carbocycles. The Bertz CT molecular complexity index is 612. The summed E-state index contributed by atoms with van der Waals surface area (Å²) in [7, 11) is 0. The first-order chi connectivity index (χ1) is 12.3. The third-order valence-corrected chi connectivity index (χ3v) is 5.11. The summed E-state index contributed by atoms with van der Waals surface area (Å²) in [4.78, 5) is 19.2. The second-order valence-corrected chi connectivity index (χ2v) is 6.77. The van der Waals surface area contributed by atoms with E-state index in [0.717, 1.165) is 43.6 Å². The largest absolute Gasteiger partial charge is 0.345 e. The van der Waals surface area contributed by atoms with Crippen molar-refractivity contribution >= 4 is 5.91 Å². The van der Waals surface area contributed by atoms with Crippen molar-refractivity contribution < 1.29 is 4.79 Å². The number of carbonyl (C=O) groups excluding carboxylic acids is 1. The van der Waals surface area contributed by atoms with E-state index in [9.17, 15) is 4.79 Å². The highest BCUT2D eigenvalue weighted by Crippen LogP contribution is 2.24. The van der Waals surface area contributed by atoms with Crippen molar-refractivity contribution in [1.29, 1.82) is 0 Å². The normalized spacial score (nSPS) is 17.2. The zero-order chi connectivity index (χ0) is 17.5. The van der Waals surface area contributed by atoms with Crippen molar-refractivity contribution in [1.82, 2.24) is 15.2 Å². The van der Waals surface area contributed by atoms with Gasteiger partial charge < -0.3 is 10.2 Å². The average Bonchev–Trinajstić information content (AvgIpc) is 2.68. The minimum absolute atomic E-state index is 0.118. The van der Waals surface area contributed by atoms with Gasteiger partial charge in [-0.15, -0.1) is 0 Å². The molecular weight excluding hydrogens is 310 g/mol. The first kappa shape index (κ1) is 17.6. The molecule has 4 heteroatoms. The van der Waals surface area contributed by atoms with Gasteiger partial charge in [-0.2, -0.15) is 0 Å². The Morgan fingerprint density at radius 2 is 1.76 bits per heavy atom. The van der Waals surface area contributed by atoms with Gasteiger partial charge in [-0.05, 0) is 61.7 Å². The number of rotatable bonds is 6. The molecule has 2 heterocycles. The van der Waals surface area contributed by atoms with Crippen LogP contribution in [0.25, 0.3) is 0 Å². The Morgan fingerprint density at radius 1 is 1.12 bits per heavy atom. The van der Waals surface area contributed by atoms with Crippen LogP contribution in [0, 0.1) is 5.92 Å². The molecule has 1 fully saturated rings. The lowest BCUT2D eigenvalue weighted by molar-refractivity contribution is -0.122. The number of hydrogen-bond donors (Lipinski definition) is 1. The van der Waals surface area contributed by atoms with Gasteiger partial charge in [-0.3, -0.25) is 9.78 Å². The number of pyridine rings is 1. The van der Waals surface area contributed by atoms with Gasteiger partial charge in [0.1, 0.15) is 0 Å². The molecule has 1 N–H and O–H groups in total. The molecule has 0 bridgehead atoms. The van der Waals surface area contributed by atoms with Crippen molar-refractivity contribution in [2.75, 3.05) is 19.6 Å². The third-order valence-electron chi connectivity index (χ3n) is 5.11. The van der Waals surface area contributed by atoms with Crippen molar-refractivity contribution in [2.24, 2.45) is 5.92 Å². The molecule has 1 aromatic heterocycles. The molecule has 1 aliphatic rings. The Labute approximate surface area is 150 Å². The molecule has 0 spiro atoms. The standard InChI is InChI=1S/C21H27N3O/c1-2-24-14-10-17(11-15-24)16-20(25)23-21(18-6-4-3-5-7-18)19-8-12-22-13-9-19/h3-9,12-13,17,21H,2,10-11,14-16H2,1H3,(H,23,25)/t21-/m1/s1. The van der Waals surface area contributed by atoms with Gasteiger partial charge in [-0.25, -0.2) is 0 Å². The molecule has 1 atom stereocenters. The van der Waals surface area contributed by atoms with Crippen LogP contribution in [0.4, 0.5) is 0 Å². The maximum Gasteiger partial charge on any atom is 0.221 e. The molecule has 1 saturated heterocycles. The Kier molecular flexibility index (Phi) is 6.18. The third kappa shape index (κ3) is 4.89. The lowest BCUT2D eigenvalue weighted by Gasteiger charge is -2.31. The van der Waals surface area contributed by atoms with Gasteiger partial charge >= 0.3 is 0 Å². The first-order valence-electron chi connectivity index (χ1n) is 9.23. The van der Waals surface area contributed by atoms with Crippen LogP contribution >= 0.6 is 0 Å². The lowest BCUT2D eigenvalue weighted by Crippen LogP contribution is -2.36. The molecule has 2 aromatic rings. The van der Waals surface area contributed by atoms with Crippen LogP contribution in [0.2, 0.25) is 0 Å². The Morgan fingerprint density at radius 3 is 2.40 bits per heavy atom. The van der Waals surface area contributed by atoms with Crippen LogP contribution in [0.1, 0.15) is 43.4 Å². The molecule has 1 aliphatic heterocycles. The summed E-state index contributed by atoms with van der Waals surface area (Å²) in [5, 5.41) is 3.24. The summed E-state index contributed by atoms with van der Waals surface area (Å²) in [5.74, 6) is 0.636. The predicted octanol–water partition coefficient (Wildman–Crippen LogP) is 3.41. The fourth-order valence-electron chi connectivity index (χ4n) is 3.55. The smallest absolute Gasteiger partial charge is 0.221 e. The molecule has 3 rings (SSSR count). The number of amides is 1. The molecule has 0 radical (unpaired) electrons. The summed E-state index contributed by atoms with van der Waals surface area (Å²) < 4.78 is 0. The maximum absolute atomic E-state index is 12.7. The molecule has 25 heavy (non-hydrogen) atoms. The fraction of sp³-hybridized carbons (Fsp3) is 0.429. The fourth-order valence-corrected chi connectivity index (χ4v) is 3.55. The molecule has 4 nitrogen and oxygen atoms in total. The van der Waals surface area contributed by atoms with Gasteiger partial charge in [0.15, 0.2) is 0 Å². The SMILES string of the molecule is CCN1CCC(CC(=O)N[C@H](c2ccccc2)c2ccncc2)CC1. The average molecular weight is 337 g/mol. The van der Waals surface area contributed by atoms with E-state index in [0.29, 0.717) is 12.3 Å². The summed E-state index contributed by atoms with van der Waals surface area (Å²) in [6.45, 7) is 5.53. The lowest BCUT2D eigenvalue weighted by atomic mass is 9.92. The van der Waals surface area contributed by atoms with E-state index in [-0.39, 0.29) is 11.9 Å². The quantitative estimate of drug-likeness (QED) is 0.878. The second kappa shape index (κ2) is 8.77.